The van der Waals surface area contributed by atoms with Crippen LogP contribution in [0.2, 0.25) is 5.02 Å². The van der Waals surface area contributed by atoms with E-state index in [4.69, 9.17) is 40.0 Å². The van der Waals surface area contributed by atoms with Gasteiger partial charge in [0.25, 0.3) is 0 Å². The molecule has 0 radical (unpaired) electrons. The summed E-state index contributed by atoms with van der Waals surface area (Å²) in [7, 11) is 1.26. The van der Waals surface area contributed by atoms with Crippen LogP contribution in [0.4, 0.5) is 49.0 Å². The first-order chi connectivity index (χ1) is 22.9. The zero-order valence-corrected chi connectivity index (χ0v) is 26.0. The Morgan fingerprint density at radius 1 is 0.771 bits per heavy atom. The molecule has 258 valence electrons. The SMILES string of the molecule is CCO[C@@H]1O[C@H](COC(=O)Nc2ccc(F)cc2)[C@@H](OC(=O)Nc2ccc(C(F)(F)F)cc2)[C@H](OC(=O)Nc2ccc(Cl)cc2)[C@H]1OC. The summed E-state index contributed by atoms with van der Waals surface area (Å²) in [4.78, 5) is 38.7. The van der Waals surface area contributed by atoms with Crippen LogP contribution in [0.5, 0.6) is 0 Å². The van der Waals surface area contributed by atoms with E-state index in [0.29, 0.717) is 10.7 Å². The van der Waals surface area contributed by atoms with E-state index in [9.17, 15) is 31.9 Å². The van der Waals surface area contributed by atoms with Crippen LogP contribution >= 0.6 is 11.6 Å². The Kier molecular flexibility index (Phi) is 12.4. The average molecular weight is 700 g/mol. The number of hydrogen-bond acceptors (Lipinski definition) is 9. The minimum atomic E-state index is -4.60. The number of nitrogens with one attached hydrogen (secondary N) is 3. The number of ether oxygens (including phenoxy) is 6. The first-order valence-electron chi connectivity index (χ1n) is 14.2. The van der Waals surface area contributed by atoms with Gasteiger partial charge in [-0.1, -0.05) is 11.6 Å². The molecule has 0 spiro atoms. The fourth-order valence-electron chi connectivity index (χ4n) is 4.50. The van der Waals surface area contributed by atoms with Crippen molar-refractivity contribution in [2.75, 3.05) is 36.3 Å². The molecule has 3 aromatic carbocycles. The second-order valence-electron chi connectivity index (χ2n) is 10.0. The molecule has 0 unspecified atom stereocenters. The molecule has 3 amide bonds. The van der Waals surface area contributed by atoms with E-state index in [-0.39, 0.29) is 18.0 Å². The Morgan fingerprint density at radius 3 is 1.79 bits per heavy atom. The molecule has 3 aromatic rings. The summed E-state index contributed by atoms with van der Waals surface area (Å²) in [5.41, 5.74) is -0.476. The molecule has 0 bridgehead atoms. The van der Waals surface area contributed by atoms with E-state index in [2.05, 4.69) is 16.0 Å². The highest BCUT2D eigenvalue weighted by Gasteiger charge is 2.52. The third kappa shape index (κ3) is 10.2. The Hall–Kier alpha value is -4.64. The highest BCUT2D eigenvalue weighted by atomic mass is 35.5. The Bertz CT molecular complexity index is 1530. The fourth-order valence-corrected chi connectivity index (χ4v) is 4.62. The van der Waals surface area contributed by atoms with Crippen molar-refractivity contribution in [2.24, 2.45) is 0 Å². The topological polar surface area (TPSA) is 143 Å². The third-order valence-electron chi connectivity index (χ3n) is 6.70. The van der Waals surface area contributed by atoms with Gasteiger partial charge in [-0.3, -0.25) is 16.0 Å². The number of methoxy groups -OCH3 is 1. The average Bonchev–Trinajstić information content (AvgIpc) is 3.03. The number of halogens is 5. The van der Waals surface area contributed by atoms with Crippen molar-refractivity contribution in [2.45, 2.75) is 43.8 Å². The maximum Gasteiger partial charge on any atom is 0.416 e. The molecule has 1 aliphatic heterocycles. The van der Waals surface area contributed by atoms with Gasteiger partial charge in [-0.25, -0.2) is 18.8 Å². The molecule has 1 heterocycles. The Labute approximate surface area is 276 Å². The third-order valence-corrected chi connectivity index (χ3v) is 6.95. The molecule has 1 fully saturated rings. The summed E-state index contributed by atoms with van der Waals surface area (Å²) >= 11 is 5.91. The first kappa shape index (κ1) is 36.2. The molecule has 4 rings (SSSR count). The summed E-state index contributed by atoms with van der Waals surface area (Å²) in [5, 5.41) is 7.62. The Balaban J connectivity index is 1.57. The smallest absolute Gasteiger partial charge is 0.416 e. The zero-order valence-electron chi connectivity index (χ0n) is 25.3. The molecule has 1 aliphatic rings. The Morgan fingerprint density at radius 2 is 1.27 bits per heavy atom. The molecule has 5 atom stereocenters. The van der Waals surface area contributed by atoms with Crippen LogP contribution in [0.3, 0.4) is 0 Å². The number of rotatable bonds is 10. The number of anilines is 3. The van der Waals surface area contributed by atoms with Gasteiger partial charge in [0.05, 0.1) is 5.56 Å². The summed E-state index contributed by atoms with van der Waals surface area (Å²) < 4.78 is 86.0. The van der Waals surface area contributed by atoms with E-state index in [1.807, 2.05) is 0 Å². The van der Waals surface area contributed by atoms with Crippen molar-refractivity contribution in [1.29, 1.82) is 0 Å². The molecule has 1 saturated heterocycles. The first-order valence-corrected chi connectivity index (χ1v) is 14.6. The van der Waals surface area contributed by atoms with Crippen molar-refractivity contribution >= 4 is 46.9 Å². The highest BCUT2D eigenvalue weighted by molar-refractivity contribution is 6.30. The predicted molar refractivity (Wildman–Crippen MR) is 163 cm³/mol. The lowest BCUT2D eigenvalue weighted by Crippen LogP contribution is -2.63. The van der Waals surface area contributed by atoms with Gasteiger partial charge in [-0.2, -0.15) is 13.2 Å². The van der Waals surface area contributed by atoms with Crippen molar-refractivity contribution in [1.82, 2.24) is 0 Å². The largest absolute Gasteiger partial charge is 0.446 e. The van der Waals surface area contributed by atoms with Gasteiger partial charge in [-0.15, -0.1) is 0 Å². The van der Waals surface area contributed by atoms with Crippen LogP contribution < -0.4 is 16.0 Å². The molecule has 0 saturated carbocycles. The summed E-state index contributed by atoms with van der Waals surface area (Å²) in [5.74, 6) is -0.528. The normalized spacial score (nSPS) is 20.7. The fraction of sp³-hybridized carbons (Fsp3) is 0.323. The van der Waals surface area contributed by atoms with E-state index < -0.39 is 73.1 Å². The second kappa shape index (κ2) is 16.5. The highest BCUT2D eigenvalue weighted by Crippen LogP contribution is 2.32. The van der Waals surface area contributed by atoms with Crippen LogP contribution in [-0.2, 0) is 34.6 Å². The van der Waals surface area contributed by atoms with Crippen LogP contribution in [0.1, 0.15) is 12.5 Å². The lowest BCUT2D eigenvalue weighted by atomic mass is 9.98. The maximum absolute atomic E-state index is 13.3. The number of carbonyl (C=O) groups is 3. The van der Waals surface area contributed by atoms with Crippen molar-refractivity contribution < 1.29 is 60.4 Å². The number of amides is 3. The molecule has 0 aromatic heterocycles. The van der Waals surface area contributed by atoms with Gasteiger partial charge in [0.1, 0.15) is 24.6 Å². The lowest BCUT2D eigenvalue weighted by Gasteiger charge is -2.44. The molecular weight excluding hydrogens is 670 g/mol. The van der Waals surface area contributed by atoms with E-state index in [1.54, 1.807) is 6.92 Å². The van der Waals surface area contributed by atoms with Crippen molar-refractivity contribution in [3.05, 3.63) is 89.2 Å². The van der Waals surface area contributed by atoms with Crippen molar-refractivity contribution in [3.63, 3.8) is 0 Å². The van der Waals surface area contributed by atoms with Gasteiger partial charge >= 0.3 is 24.5 Å². The number of benzene rings is 3. The number of hydrogen-bond donors (Lipinski definition) is 3. The van der Waals surface area contributed by atoms with Gasteiger partial charge < -0.3 is 28.4 Å². The van der Waals surface area contributed by atoms with Gasteiger partial charge in [0.15, 0.2) is 18.5 Å². The van der Waals surface area contributed by atoms with Gasteiger partial charge in [0, 0.05) is 35.8 Å². The molecular formula is C31H30ClF4N3O9. The zero-order chi connectivity index (χ0) is 34.8. The van der Waals surface area contributed by atoms with Crippen LogP contribution in [0.25, 0.3) is 0 Å². The van der Waals surface area contributed by atoms with Crippen LogP contribution in [0.15, 0.2) is 72.8 Å². The predicted octanol–water partition coefficient (Wildman–Crippen LogP) is 7.06. The molecule has 48 heavy (non-hydrogen) atoms. The molecule has 3 N–H and O–H groups in total. The van der Waals surface area contributed by atoms with E-state index in [0.717, 1.165) is 36.4 Å². The second-order valence-corrected chi connectivity index (χ2v) is 10.4. The number of carbonyl (C=O) groups excluding carboxylic acids is 3. The van der Waals surface area contributed by atoms with Crippen molar-refractivity contribution in [3.8, 4) is 0 Å². The monoisotopic (exact) mass is 699 g/mol. The van der Waals surface area contributed by atoms with Crippen LogP contribution in [0, 0.1) is 5.82 Å². The lowest BCUT2D eigenvalue weighted by molar-refractivity contribution is -0.301. The molecule has 12 nitrogen and oxygen atoms in total. The quantitative estimate of drug-likeness (QED) is 0.150. The summed E-state index contributed by atoms with van der Waals surface area (Å²) in [6.07, 6.45) is -14.5. The summed E-state index contributed by atoms with van der Waals surface area (Å²) in [6, 6.07) is 14.4. The van der Waals surface area contributed by atoms with E-state index >= 15 is 0 Å². The standard InChI is InChI=1S/C31H30ClF4N3O9/c1-3-44-27-26(43-2)25(48-30(42)39-21-12-6-18(32)7-13-21)24(47-29(41)38-20-10-4-17(5-11-20)31(34,35)36)23(46-27)16-45-28(40)37-22-14-8-19(33)9-15-22/h4-15,23-27H,3,16H2,1-2H3,(H,37,40)(H,38,41)(H,39,42)/t23-,24-,25+,26-,27-/m1/s1. The molecule has 17 heteroatoms. The summed E-state index contributed by atoms with van der Waals surface area (Å²) in [6.45, 7) is 1.16. The molecule has 0 aliphatic carbocycles. The maximum atomic E-state index is 13.3. The number of alkyl halides is 3. The van der Waals surface area contributed by atoms with Gasteiger partial charge in [0.2, 0.25) is 0 Å². The van der Waals surface area contributed by atoms with Crippen LogP contribution in [-0.4, -0.2) is 69.3 Å². The van der Waals surface area contributed by atoms with Gasteiger partial charge in [-0.05, 0) is 79.7 Å². The van der Waals surface area contributed by atoms with E-state index in [1.165, 1.54) is 43.5 Å². The minimum Gasteiger partial charge on any atom is -0.446 e. The minimum absolute atomic E-state index is 0.0513.